The Kier molecular flexibility index (Phi) is 15.0. The second-order valence-electron chi connectivity index (χ2n) is 12.4. The summed E-state index contributed by atoms with van der Waals surface area (Å²) in [5.74, 6) is -3.22. The Morgan fingerprint density at radius 2 is 1.37 bits per heavy atom. The average molecular weight is 705 g/mol. The minimum atomic E-state index is -1.22. The molecule has 4 amide bonds. The maximum Gasteiger partial charge on any atom is 0.408 e. The van der Waals surface area contributed by atoms with Gasteiger partial charge in [0.1, 0.15) is 30.0 Å². The number of rotatable bonds is 15. The lowest BCUT2D eigenvalue weighted by Crippen LogP contribution is -2.55. The second kappa shape index (κ2) is 19.3. The van der Waals surface area contributed by atoms with Gasteiger partial charge in [0.25, 0.3) is 0 Å². The van der Waals surface area contributed by atoms with Gasteiger partial charge in [0.05, 0.1) is 14.2 Å². The summed E-state index contributed by atoms with van der Waals surface area (Å²) in [6.07, 6.45) is -1.19. The molecule has 3 aromatic carbocycles. The first-order valence-electron chi connectivity index (χ1n) is 16.1. The fraction of sp³-hybridized carbons (Fsp3) is 0.351. The summed E-state index contributed by atoms with van der Waals surface area (Å²) in [5, 5.41) is 10.4. The largest absolute Gasteiger partial charge is 0.497 e. The average Bonchev–Trinajstić information content (AvgIpc) is 3.11. The molecule has 0 aliphatic rings. The Morgan fingerprint density at radius 3 is 1.98 bits per heavy atom. The molecule has 0 aliphatic carbocycles. The molecule has 0 unspecified atom stereocenters. The number of carbonyl (C=O) groups is 6. The van der Waals surface area contributed by atoms with Crippen molar-refractivity contribution in [3.8, 4) is 5.75 Å². The molecule has 14 heteroatoms. The van der Waals surface area contributed by atoms with Crippen LogP contribution in [0.4, 0.5) is 10.5 Å². The molecule has 272 valence electrons. The van der Waals surface area contributed by atoms with E-state index < -0.39 is 53.4 Å². The molecule has 0 saturated heterocycles. The number of benzene rings is 3. The van der Waals surface area contributed by atoms with Gasteiger partial charge in [-0.05, 0) is 68.1 Å². The third-order valence-corrected chi connectivity index (χ3v) is 7.17. The Bertz CT molecular complexity index is 1640. The zero-order valence-electron chi connectivity index (χ0n) is 29.3. The highest BCUT2D eigenvalue weighted by Crippen LogP contribution is 2.15. The topological polar surface area (TPSA) is 187 Å². The summed E-state index contributed by atoms with van der Waals surface area (Å²) in [4.78, 5) is 76.1. The highest BCUT2D eigenvalue weighted by atomic mass is 16.6. The first-order chi connectivity index (χ1) is 24.3. The zero-order chi connectivity index (χ0) is 37.4. The molecule has 0 aromatic heterocycles. The molecule has 0 fully saturated rings. The highest BCUT2D eigenvalue weighted by molar-refractivity contribution is 6.37. The summed E-state index contributed by atoms with van der Waals surface area (Å²) >= 11 is 0. The van der Waals surface area contributed by atoms with Crippen molar-refractivity contribution in [1.82, 2.24) is 16.0 Å². The lowest BCUT2D eigenvalue weighted by molar-refractivity contribution is -0.150. The summed E-state index contributed by atoms with van der Waals surface area (Å²) in [6, 6.07) is 19.9. The van der Waals surface area contributed by atoms with Gasteiger partial charge in [0.2, 0.25) is 11.8 Å². The number of methoxy groups -OCH3 is 2. The van der Waals surface area contributed by atoms with Crippen molar-refractivity contribution < 1.29 is 47.7 Å². The van der Waals surface area contributed by atoms with Gasteiger partial charge >= 0.3 is 23.9 Å². The van der Waals surface area contributed by atoms with Crippen LogP contribution in [0.3, 0.4) is 0 Å². The number of carbonyl (C=O) groups excluding carboxylic acids is 6. The van der Waals surface area contributed by atoms with Crippen LogP contribution in [0.2, 0.25) is 0 Å². The van der Waals surface area contributed by atoms with E-state index in [4.69, 9.17) is 14.2 Å². The van der Waals surface area contributed by atoms with Gasteiger partial charge in [-0.2, -0.15) is 0 Å². The number of alkyl carbamates (subject to hydrolysis) is 1. The van der Waals surface area contributed by atoms with Crippen molar-refractivity contribution in [1.29, 1.82) is 0 Å². The predicted molar refractivity (Wildman–Crippen MR) is 186 cm³/mol. The van der Waals surface area contributed by atoms with Crippen LogP contribution in [0.5, 0.6) is 5.75 Å². The van der Waals surface area contributed by atoms with Crippen molar-refractivity contribution in [3.05, 3.63) is 95.6 Å². The summed E-state index contributed by atoms with van der Waals surface area (Å²) < 4.78 is 20.3. The predicted octanol–water partition coefficient (Wildman–Crippen LogP) is 3.57. The molecule has 0 saturated carbocycles. The molecular formula is C37H44N4O10. The van der Waals surface area contributed by atoms with Crippen molar-refractivity contribution in [2.45, 2.75) is 70.9 Å². The third kappa shape index (κ3) is 14.2. The van der Waals surface area contributed by atoms with Crippen molar-refractivity contribution in [3.63, 3.8) is 0 Å². The van der Waals surface area contributed by atoms with Crippen LogP contribution < -0.4 is 26.0 Å². The zero-order valence-corrected chi connectivity index (χ0v) is 29.3. The van der Waals surface area contributed by atoms with E-state index in [0.29, 0.717) is 17.0 Å². The van der Waals surface area contributed by atoms with Crippen LogP contribution >= 0.6 is 0 Å². The van der Waals surface area contributed by atoms with E-state index in [1.165, 1.54) is 12.1 Å². The van der Waals surface area contributed by atoms with Crippen molar-refractivity contribution in [2.75, 3.05) is 19.5 Å². The number of ether oxygens (including phenoxy) is 4. The molecule has 0 bridgehead atoms. The summed E-state index contributed by atoms with van der Waals surface area (Å²) in [7, 11) is 2.63. The minimum Gasteiger partial charge on any atom is -0.497 e. The Hall–Kier alpha value is -5.92. The Labute approximate surface area is 296 Å². The van der Waals surface area contributed by atoms with E-state index >= 15 is 0 Å². The fourth-order valence-corrected chi connectivity index (χ4v) is 4.56. The maximum atomic E-state index is 13.8. The van der Waals surface area contributed by atoms with Gasteiger partial charge in [-0.3, -0.25) is 19.2 Å². The number of amides is 4. The van der Waals surface area contributed by atoms with E-state index in [1.807, 2.05) is 30.3 Å². The lowest BCUT2D eigenvalue weighted by Gasteiger charge is -2.25. The van der Waals surface area contributed by atoms with Gasteiger partial charge in [-0.1, -0.05) is 54.6 Å². The van der Waals surface area contributed by atoms with Crippen molar-refractivity contribution >= 4 is 41.4 Å². The monoisotopic (exact) mass is 704 g/mol. The van der Waals surface area contributed by atoms with Crippen LogP contribution in [0.15, 0.2) is 78.9 Å². The first-order valence-corrected chi connectivity index (χ1v) is 16.1. The normalized spacial score (nSPS) is 11.9. The van der Waals surface area contributed by atoms with E-state index in [-0.39, 0.29) is 32.4 Å². The van der Waals surface area contributed by atoms with Crippen LogP contribution in [-0.2, 0) is 57.8 Å². The molecule has 0 spiro atoms. The quantitative estimate of drug-likeness (QED) is 0.104. The Morgan fingerprint density at radius 1 is 0.725 bits per heavy atom. The van der Waals surface area contributed by atoms with Crippen LogP contribution in [0, 0.1) is 0 Å². The number of nitrogens with one attached hydrogen (secondary N) is 4. The van der Waals surface area contributed by atoms with Crippen molar-refractivity contribution in [2.24, 2.45) is 0 Å². The van der Waals surface area contributed by atoms with Crippen LogP contribution in [0.1, 0.15) is 50.3 Å². The van der Waals surface area contributed by atoms with Gasteiger partial charge in [0.15, 0.2) is 0 Å². The second-order valence-corrected chi connectivity index (χ2v) is 12.4. The third-order valence-electron chi connectivity index (χ3n) is 7.17. The van der Waals surface area contributed by atoms with E-state index in [2.05, 4.69) is 26.0 Å². The summed E-state index contributed by atoms with van der Waals surface area (Å²) in [5.41, 5.74) is 1.56. The van der Waals surface area contributed by atoms with E-state index in [1.54, 1.807) is 64.3 Å². The molecule has 0 aliphatic heterocycles. The molecule has 0 radical (unpaired) electrons. The van der Waals surface area contributed by atoms with E-state index in [0.717, 1.165) is 18.2 Å². The van der Waals surface area contributed by atoms with Gasteiger partial charge in [-0.15, -0.1) is 0 Å². The van der Waals surface area contributed by atoms with Crippen LogP contribution in [0.25, 0.3) is 0 Å². The molecule has 3 rings (SSSR count). The van der Waals surface area contributed by atoms with Gasteiger partial charge in [0, 0.05) is 25.1 Å². The molecule has 14 nitrogen and oxygen atoms in total. The Balaban J connectivity index is 1.77. The molecule has 3 aromatic rings. The minimum absolute atomic E-state index is 0.0460. The molecule has 2 atom stereocenters. The molecule has 4 N–H and O–H groups in total. The first kappa shape index (κ1) is 39.5. The number of hydrogen-bond donors (Lipinski definition) is 4. The standard InChI is InChI=1S/C37H44N4O10/c1-37(2,3)51-36(47)41-30(21-24-11-15-27(16-12-24)39-34(45)35(46)49-5)33(44)40-29(19-20-31(42)50-23-26-9-7-6-8-10-26)32(43)38-22-25-13-17-28(48-4)18-14-25/h6-18,29-30H,19-23H2,1-5H3,(H,38,43)(H,39,45)(H,40,44)(H,41,47)/t29-,30-/m0/s1. The number of esters is 2. The number of anilines is 1. The van der Waals surface area contributed by atoms with Gasteiger partial charge < -0.3 is 40.2 Å². The molecule has 0 heterocycles. The summed E-state index contributed by atoms with van der Waals surface area (Å²) in [6.45, 7) is 5.19. The maximum absolute atomic E-state index is 13.8. The molecule has 51 heavy (non-hydrogen) atoms. The van der Waals surface area contributed by atoms with Gasteiger partial charge in [-0.25, -0.2) is 9.59 Å². The number of hydrogen-bond acceptors (Lipinski definition) is 10. The van der Waals surface area contributed by atoms with E-state index in [9.17, 15) is 28.8 Å². The smallest absolute Gasteiger partial charge is 0.408 e. The SMILES string of the molecule is COC(=O)C(=O)Nc1ccc(C[C@H](NC(=O)OC(C)(C)C)C(=O)N[C@@H](CCC(=O)OCc2ccccc2)C(=O)NCc2ccc(OC)cc2)cc1. The highest BCUT2D eigenvalue weighted by Gasteiger charge is 2.29. The fourth-order valence-electron chi connectivity index (χ4n) is 4.56. The lowest BCUT2D eigenvalue weighted by atomic mass is 10.0. The molecular weight excluding hydrogens is 660 g/mol. The van der Waals surface area contributed by atoms with Crippen LogP contribution in [-0.4, -0.2) is 67.7 Å².